The Bertz CT molecular complexity index is 646. The van der Waals surface area contributed by atoms with Gasteiger partial charge in [-0.15, -0.1) is 11.3 Å². The molecule has 2 aromatic rings. The SMILES string of the molecule is Cc1cnc(NC(=O)c2sc(N3CCNCC3)nc2N)s1. The lowest BCUT2D eigenvalue weighted by Gasteiger charge is -2.26. The van der Waals surface area contributed by atoms with Crippen LogP contribution in [0.5, 0.6) is 0 Å². The Kier molecular flexibility index (Phi) is 4.04. The van der Waals surface area contributed by atoms with Crippen LogP contribution >= 0.6 is 22.7 Å². The number of thiazole rings is 2. The molecule has 0 aromatic carbocycles. The van der Waals surface area contributed by atoms with Crippen LogP contribution in [0.25, 0.3) is 0 Å². The third kappa shape index (κ3) is 3.14. The van der Waals surface area contributed by atoms with Gasteiger partial charge in [-0.2, -0.15) is 0 Å². The van der Waals surface area contributed by atoms with E-state index in [9.17, 15) is 4.79 Å². The van der Waals surface area contributed by atoms with Crippen LogP contribution in [0.1, 0.15) is 14.5 Å². The predicted octanol–water partition coefficient (Wildman–Crippen LogP) is 1.15. The number of amides is 1. The van der Waals surface area contributed by atoms with Crippen molar-refractivity contribution < 1.29 is 4.79 Å². The molecule has 0 atom stereocenters. The van der Waals surface area contributed by atoms with Crippen molar-refractivity contribution in [2.24, 2.45) is 0 Å². The fraction of sp³-hybridized carbons (Fsp3) is 0.417. The van der Waals surface area contributed by atoms with Crippen LogP contribution in [-0.2, 0) is 0 Å². The summed E-state index contributed by atoms with van der Waals surface area (Å²) in [5, 5.41) is 7.42. The van der Waals surface area contributed by atoms with Gasteiger partial charge in [0.05, 0.1) is 0 Å². The van der Waals surface area contributed by atoms with Gasteiger partial charge in [0.1, 0.15) is 10.7 Å². The Labute approximate surface area is 130 Å². The van der Waals surface area contributed by atoms with Gasteiger partial charge >= 0.3 is 0 Å². The maximum absolute atomic E-state index is 12.3. The molecule has 1 saturated heterocycles. The predicted molar refractivity (Wildman–Crippen MR) is 86.4 cm³/mol. The van der Waals surface area contributed by atoms with Gasteiger partial charge < -0.3 is 16.0 Å². The molecule has 1 aliphatic heterocycles. The van der Waals surface area contributed by atoms with Crippen molar-refractivity contribution in [2.45, 2.75) is 6.92 Å². The zero-order valence-electron chi connectivity index (χ0n) is 11.5. The monoisotopic (exact) mass is 324 g/mol. The van der Waals surface area contributed by atoms with Gasteiger partial charge in [0.2, 0.25) is 0 Å². The first-order valence-corrected chi connectivity index (χ1v) is 8.22. The van der Waals surface area contributed by atoms with Crippen LogP contribution in [0.15, 0.2) is 6.20 Å². The van der Waals surface area contributed by atoms with Gasteiger partial charge in [0.25, 0.3) is 5.91 Å². The summed E-state index contributed by atoms with van der Waals surface area (Å²) in [6.45, 7) is 5.52. The highest BCUT2D eigenvalue weighted by Crippen LogP contribution is 2.29. The molecule has 0 saturated carbocycles. The van der Waals surface area contributed by atoms with E-state index >= 15 is 0 Å². The van der Waals surface area contributed by atoms with Gasteiger partial charge in [0.15, 0.2) is 10.3 Å². The molecule has 0 bridgehead atoms. The van der Waals surface area contributed by atoms with Gasteiger partial charge in [0, 0.05) is 37.3 Å². The quantitative estimate of drug-likeness (QED) is 0.784. The van der Waals surface area contributed by atoms with Crippen LogP contribution in [0, 0.1) is 6.92 Å². The van der Waals surface area contributed by atoms with Crippen molar-refractivity contribution >= 4 is 44.7 Å². The molecular formula is C12H16N6OS2. The number of nitrogen functional groups attached to an aromatic ring is 1. The van der Waals surface area contributed by atoms with Crippen LogP contribution in [0.3, 0.4) is 0 Å². The average Bonchev–Trinajstić information content (AvgIpc) is 3.06. The van der Waals surface area contributed by atoms with E-state index < -0.39 is 0 Å². The fourth-order valence-corrected chi connectivity index (χ4v) is 3.63. The number of carbonyl (C=O) groups is 1. The van der Waals surface area contributed by atoms with Gasteiger partial charge in [-0.3, -0.25) is 10.1 Å². The fourth-order valence-electron chi connectivity index (χ4n) is 2.04. The van der Waals surface area contributed by atoms with Gasteiger partial charge in [-0.25, -0.2) is 9.97 Å². The molecule has 3 rings (SSSR count). The third-order valence-corrected chi connectivity index (χ3v) is 5.04. The Morgan fingerprint density at radius 3 is 2.86 bits per heavy atom. The highest BCUT2D eigenvalue weighted by Gasteiger charge is 2.21. The van der Waals surface area contributed by atoms with Gasteiger partial charge in [-0.05, 0) is 6.92 Å². The molecule has 0 unspecified atom stereocenters. The van der Waals surface area contributed by atoms with Crippen molar-refractivity contribution in [2.75, 3.05) is 42.1 Å². The summed E-state index contributed by atoms with van der Waals surface area (Å²) in [5.74, 6) is 0.0278. The maximum atomic E-state index is 12.3. The minimum atomic E-state index is -0.249. The lowest BCUT2D eigenvalue weighted by molar-refractivity contribution is 0.103. The van der Waals surface area contributed by atoms with Crippen molar-refractivity contribution in [1.82, 2.24) is 15.3 Å². The Morgan fingerprint density at radius 1 is 1.43 bits per heavy atom. The summed E-state index contributed by atoms with van der Waals surface area (Å²) < 4.78 is 0. The first-order valence-electron chi connectivity index (χ1n) is 6.59. The standard InChI is InChI=1S/C12H16N6OS2/c1-7-6-15-11(20-7)17-10(19)8-9(13)16-12(21-8)18-4-2-14-3-5-18/h6,14H,2-5,13H2,1H3,(H,15,17,19). The number of piperazine rings is 1. The molecule has 0 radical (unpaired) electrons. The summed E-state index contributed by atoms with van der Waals surface area (Å²) >= 11 is 2.76. The second-order valence-corrected chi connectivity index (χ2v) is 6.89. The molecule has 3 heterocycles. The molecule has 21 heavy (non-hydrogen) atoms. The smallest absolute Gasteiger partial charge is 0.271 e. The Morgan fingerprint density at radius 2 is 2.19 bits per heavy atom. The maximum Gasteiger partial charge on any atom is 0.271 e. The number of anilines is 3. The second-order valence-electron chi connectivity index (χ2n) is 4.68. The van der Waals surface area contributed by atoms with E-state index in [1.807, 2.05) is 6.92 Å². The molecule has 0 aliphatic carbocycles. The average molecular weight is 324 g/mol. The van der Waals surface area contributed by atoms with E-state index in [0.29, 0.717) is 10.0 Å². The summed E-state index contributed by atoms with van der Waals surface area (Å²) in [7, 11) is 0. The highest BCUT2D eigenvalue weighted by atomic mass is 32.1. The Balaban J connectivity index is 1.75. The third-order valence-electron chi connectivity index (χ3n) is 3.08. The lowest BCUT2D eigenvalue weighted by Crippen LogP contribution is -2.43. The topological polar surface area (TPSA) is 96.2 Å². The normalized spacial score (nSPS) is 15.2. The number of hydrogen-bond acceptors (Lipinski definition) is 8. The summed E-state index contributed by atoms with van der Waals surface area (Å²) in [6, 6.07) is 0. The number of nitrogens with two attached hydrogens (primary N) is 1. The number of aryl methyl sites for hydroxylation is 1. The molecule has 7 nitrogen and oxygen atoms in total. The van der Waals surface area contributed by atoms with Crippen LogP contribution < -0.4 is 21.3 Å². The van der Waals surface area contributed by atoms with Crippen molar-refractivity contribution in [3.8, 4) is 0 Å². The number of nitrogens with one attached hydrogen (secondary N) is 2. The molecule has 4 N–H and O–H groups in total. The number of nitrogens with zero attached hydrogens (tertiary/aromatic N) is 3. The molecule has 1 aliphatic rings. The molecule has 1 fully saturated rings. The minimum Gasteiger partial charge on any atom is -0.382 e. The van der Waals surface area contributed by atoms with E-state index in [-0.39, 0.29) is 11.7 Å². The zero-order chi connectivity index (χ0) is 14.8. The molecule has 2 aromatic heterocycles. The van der Waals surface area contributed by atoms with Crippen molar-refractivity contribution in [3.63, 3.8) is 0 Å². The van der Waals surface area contributed by atoms with E-state index in [0.717, 1.165) is 36.2 Å². The summed E-state index contributed by atoms with van der Waals surface area (Å²) in [5.41, 5.74) is 5.89. The van der Waals surface area contributed by atoms with Gasteiger partial charge in [-0.1, -0.05) is 11.3 Å². The number of rotatable bonds is 3. The largest absolute Gasteiger partial charge is 0.382 e. The van der Waals surface area contributed by atoms with E-state index in [4.69, 9.17) is 5.73 Å². The Hall–Kier alpha value is -1.71. The number of aromatic nitrogens is 2. The molecule has 112 valence electrons. The van der Waals surface area contributed by atoms with Crippen molar-refractivity contribution in [3.05, 3.63) is 16.0 Å². The number of hydrogen-bond donors (Lipinski definition) is 3. The molecular weight excluding hydrogens is 308 g/mol. The van der Waals surface area contributed by atoms with E-state index in [2.05, 4.69) is 25.5 Å². The second kappa shape index (κ2) is 5.96. The number of carbonyl (C=O) groups excluding carboxylic acids is 1. The van der Waals surface area contributed by atoms with E-state index in [1.54, 1.807) is 6.20 Å². The van der Waals surface area contributed by atoms with E-state index in [1.165, 1.54) is 22.7 Å². The first kappa shape index (κ1) is 14.2. The molecule has 0 spiro atoms. The minimum absolute atomic E-state index is 0.249. The van der Waals surface area contributed by atoms with Crippen LogP contribution in [0.2, 0.25) is 0 Å². The molecule has 1 amide bonds. The lowest BCUT2D eigenvalue weighted by atomic mass is 10.4. The summed E-state index contributed by atoms with van der Waals surface area (Å²) in [4.78, 5) is 24.3. The first-order chi connectivity index (χ1) is 10.1. The van der Waals surface area contributed by atoms with Crippen LogP contribution in [0.4, 0.5) is 16.1 Å². The van der Waals surface area contributed by atoms with Crippen LogP contribution in [-0.4, -0.2) is 42.1 Å². The summed E-state index contributed by atoms with van der Waals surface area (Å²) in [6.07, 6.45) is 1.72. The zero-order valence-corrected chi connectivity index (χ0v) is 13.2. The molecule has 9 heteroatoms. The van der Waals surface area contributed by atoms with Crippen molar-refractivity contribution in [1.29, 1.82) is 0 Å². The highest BCUT2D eigenvalue weighted by molar-refractivity contribution is 7.18.